The van der Waals surface area contributed by atoms with Gasteiger partial charge in [0, 0.05) is 12.2 Å². The molecule has 2 aromatic rings. The second-order valence-electron chi connectivity index (χ2n) is 4.74. The summed E-state index contributed by atoms with van der Waals surface area (Å²) in [6, 6.07) is 16.5. The van der Waals surface area contributed by atoms with Crippen molar-refractivity contribution in [2.75, 3.05) is 11.9 Å². The first-order valence-electron chi connectivity index (χ1n) is 6.50. The summed E-state index contributed by atoms with van der Waals surface area (Å²) in [7, 11) is 0. The van der Waals surface area contributed by atoms with E-state index in [4.69, 9.17) is 5.26 Å². The van der Waals surface area contributed by atoms with Gasteiger partial charge in [-0.1, -0.05) is 24.3 Å². The average molecular weight is 250 g/mol. The maximum atomic E-state index is 8.89. The Morgan fingerprint density at radius 2 is 1.84 bits per heavy atom. The minimum absolute atomic E-state index is 0.740. The van der Waals surface area contributed by atoms with Crippen molar-refractivity contribution in [1.82, 2.24) is 0 Å². The summed E-state index contributed by atoms with van der Waals surface area (Å²) in [5.74, 6) is 0. The number of nitrogens with zero attached hydrogens (tertiary/aromatic N) is 1. The maximum Gasteiger partial charge on any atom is 0.0994 e. The highest BCUT2D eigenvalue weighted by Crippen LogP contribution is 2.15. The average Bonchev–Trinajstić information content (AvgIpc) is 2.41. The summed E-state index contributed by atoms with van der Waals surface area (Å²) >= 11 is 0. The minimum atomic E-state index is 0.740. The monoisotopic (exact) mass is 250 g/mol. The fraction of sp³-hybridized carbons (Fsp3) is 0.235. The molecule has 0 aliphatic carbocycles. The van der Waals surface area contributed by atoms with E-state index in [0.29, 0.717) is 0 Å². The second kappa shape index (κ2) is 6.06. The molecule has 0 aliphatic heterocycles. The Labute approximate surface area is 114 Å². The third-order valence-corrected chi connectivity index (χ3v) is 3.33. The Morgan fingerprint density at radius 1 is 1.05 bits per heavy atom. The van der Waals surface area contributed by atoms with Crippen molar-refractivity contribution in [2.45, 2.75) is 20.3 Å². The molecule has 0 aromatic heterocycles. The van der Waals surface area contributed by atoms with Crippen molar-refractivity contribution >= 4 is 5.69 Å². The molecule has 0 unspecified atom stereocenters. The lowest BCUT2D eigenvalue weighted by molar-refractivity contribution is 1.00. The predicted octanol–water partition coefficient (Wildman–Crippen LogP) is 3.83. The normalized spacial score (nSPS) is 9.95. The Hall–Kier alpha value is -2.27. The van der Waals surface area contributed by atoms with Crippen LogP contribution < -0.4 is 5.32 Å². The Kier molecular flexibility index (Phi) is 4.20. The van der Waals surface area contributed by atoms with Crippen LogP contribution in [0.2, 0.25) is 0 Å². The number of anilines is 1. The molecule has 1 N–H and O–H groups in total. The Bertz CT molecular complexity index is 609. The van der Waals surface area contributed by atoms with Crippen LogP contribution in [0.3, 0.4) is 0 Å². The molecule has 19 heavy (non-hydrogen) atoms. The van der Waals surface area contributed by atoms with E-state index in [0.717, 1.165) is 29.8 Å². The van der Waals surface area contributed by atoms with Gasteiger partial charge in [-0.25, -0.2) is 0 Å². The van der Waals surface area contributed by atoms with Crippen molar-refractivity contribution in [3.8, 4) is 6.07 Å². The predicted molar refractivity (Wildman–Crippen MR) is 79.3 cm³/mol. The smallest absolute Gasteiger partial charge is 0.0994 e. The SMILES string of the molecule is Cc1cc(NCCc2ccccc2C)ccc1C#N. The van der Waals surface area contributed by atoms with E-state index >= 15 is 0 Å². The third-order valence-electron chi connectivity index (χ3n) is 3.33. The molecule has 0 aliphatic rings. The lowest BCUT2D eigenvalue weighted by Crippen LogP contribution is -2.06. The quantitative estimate of drug-likeness (QED) is 0.895. The van der Waals surface area contributed by atoms with Crippen molar-refractivity contribution < 1.29 is 0 Å². The minimum Gasteiger partial charge on any atom is -0.385 e. The molecule has 0 saturated carbocycles. The molecule has 2 heteroatoms. The molecule has 0 spiro atoms. The number of benzene rings is 2. The van der Waals surface area contributed by atoms with Gasteiger partial charge in [0.2, 0.25) is 0 Å². The maximum absolute atomic E-state index is 8.89. The van der Waals surface area contributed by atoms with Gasteiger partial charge >= 0.3 is 0 Å². The molecular formula is C17H18N2. The Morgan fingerprint density at radius 3 is 2.53 bits per heavy atom. The largest absolute Gasteiger partial charge is 0.385 e. The standard InChI is InChI=1S/C17H18N2/c1-13-5-3-4-6-15(13)9-10-19-17-8-7-16(12-18)14(2)11-17/h3-8,11,19H,9-10H2,1-2H3. The van der Waals surface area contributed by atoms with Gasteiger partial charge in [0.05, 0.1) is 11.6 Å². The van der Waals surface area contributed by atoms with Gasteiger partial charge in [-0.05, 0) is 55.2 Å². The van der Waals surface area contributed by atoms with Gasteiger partial charge in [0.15, 0.2) is 0 Å². The van der Waals surface area contributed by atoms with Gasteiger partial charge in [-0.2, -0.15) is 5.26 Å². The van der Waals surface area contributed by atoms with Crippen LogP contribution in [-0.4, -0.2) is 6.54 Å². The number of hydrogen-bond donors (Lipinski definition) is 1. The molecular weight excluding hydrogens is 232 g/mol. The van der Waals surface area contributed by atoms with Crippen LogP contribution in [0.1, 0.15) is 22.3 Å². The number of nitrogens with one attached hydrogen (secondary N) is 1. The highest BCUT2D eigenvalue weighted by Gasteiger charge is 2.00. The van der Waals surface area contributed by atoms with E-state index in [9.17, 15) is 0 Å². The summed E-state index contributed by atoms with van der Waals surface area (Å²) in [5.41, 5.74) is 5.54. The fourth-order valence-corrected chi connectivity index (χ4v) is 2.13. The van der Waals surface area contributed by atoms with Crippen molar-refractivity contribution in [1.29, 1.82) is 5.26 Å². The molecule has 0 bridgehead atoms. The molecule has 96 valence electrons. The van der Waals surface area contributed by atoms with Gasteiger partial charge in [-0.3, -0.25) is 0 Å². The summed E-state index contributed by atoms with van der Waals surface area (Å²) < 4.78 is 0. The molecule has 2 rings (SSSR count). The topological polar surface area (TPSA) is 35.8 Å². The van der Waals surface area contributed by atoms with Crippen LogP contribution in [0.4, 0.5) is 5.69 Å². The van der Waals surface area contributed by atoms with E-state index in [1.54, 1.807) is 0 Å². The molecule has 2 nitrogen and oxygen atoms in total. The van der Waals surface area contributed by atoms with Crippen LogP contribution in [0.5, 0.6) is 0 Å². The number of nitriles is 1. The fourth-order valence-electron chi connectivity index (χ4n) is 2.13. The molecule has 0 atom stereocenters. The van der Waals surface area contributed by atoms with Crippen molar-refractivity contribution in [2.24, 2.45) is 0 Å². The van der Waals surface area contributed by atoms with Gasteiger partial charge in [0.1, 0.15) is 0 Å². The molecule has 0 radical (unpaired) electrons. The van der Waals surface area contributed by atoms with Crippen LogP contribution in [0.15, 0.2) is 42.5 Å². The number of rotatable bonds is 4. The summed E-state index contributed by atoms with van der Waals surface area (Å²) in [6.07, 6.45) is 1.01. The molecule has 0 heterocycles. The van der Waals surface area contributed by atoms with E-state index in [-0.39, 0.29) is 0 Å². The first-order chi connectivity index (χ1) is 9.20. The lowest BCUT2D eigenvalue weighted by Gasteiger charge is -2.09. The van der Waals surface area contributed by atoms with Crippen molar-refractivity contribution in [3.05, 3.63) is 64.7 Å². The number of aryl methyl sites for hydroxylation is 2. The zero-order chi connectivity index (χ0) is 13.7. The van der Waals surface area contributed by atoms with E-state index in [2.05, 4.69) is 42.6 Å². The first kappa shape index (κ1) is 13.2. The molecule has 0 amide bonds. The lowest BCUT2D eigenvalue weighted by atomic mass is 10.1. The summed E-state index contributed by atoms with van der Waals surface area (Å²) in [6.45, 7) is 5.00. The van der Waals surface area contributed by atoms with E-state index < -0.39 is 0 Å². The van der Waals surface area contributed by atoms with Crippen molar-refractivity contribution in [3.63, 3.8) is 0 Å². The van der Waals surface area contributed by atoms with E-state index in [1.165, 1.54) is 11.1 Å². The van der Waals surface area contributed by atoms with Gasteiger partial charge in [-0.15, -0.1) is 0 Å². The van der Waals surface area contributed by atoms with Gasteiger partial charge < -0.3 is 5.32 Å². The highest BCUT2D eigenvalue weighted by molar-refractivity contribution is 5.51. The summed E-state index contributed by atoms with van der Waals surface area (Å²) in [5, 5.41) is 12.3. The van der Waals surface area contributed by atoms with E-state index in [1.807, 2.05) is 25.1 Å². The number of hydrogen-bond acceptors (Lipinski definition) is 2. The second-order valence-corrected chi connectivity index (χ2v) is 4.74. The van der Waals surface area contributed by atoms with Crippen LogP contribution in [-0.2, 0) is 6.42 Å². The van der Waals surface area contributed by atoms with Crippen LogP contribution >= 0.6 is 0 Å². The highest BCUT2D eigenvalue weighted by atomic mass is 14.9. The third kappa shape index (κ3) is 3.35. The zero-order valence-corrected chi connectivity index (χ0v) is 11.4. The van der Waals surface area contributed by atoms with Crippen LogP contribution in [0.25, 0.3) is 0 Å². The molecule has 2 aromatic carbocycles. The summed E-state index contributed by atoms with van der Waals surface area (Å²) in [4.78, 5) is 0. The first-order valence-corrected chi connectivity index (χ1v) is 6.50. The van der Waals surface area contributed by atoms with Gasteiger partial charge in [0.25, 0.3) is 0 Å². The molecule has 0 saturated heterocycles. The zero-order valence-electron chi connectivity index (χ0n) is 11.4. The Balaban J connectivity index is 1.95. The molecule has 0 fully saturated rings. The van der Waals surface area contributed by atoms with Crippen LogP contribution in [0, 0.1) is 25.2 Å².